The highest BCUT2D eigenvalue weighted by molar-refractivity contribution is 5.95. The van der Waals surface area contributed by atoms with Gasteiger partial charge in [-0.25, -0.2) is 9.18 Å². The number of likely N-dealkylation sites (tertiary alicyclic amines) is 1. The molecule has 1 amide bonds. The second-order valence-corrected chi connectivity index (χ2v) is 8.44. The normalized spacial score (nSPS) is 19.1. The van der Waals surface area contributed by atoms with Crippen molar-refractivity contribution in [3.05, 3.63) is 52.8 Å². The zero-order valence-electron chi connectivity index (χ0n) is 17.6. The number of carboxylic acids is 1. The van der Waals surface area contributed by atoms with Gasteiger partial charge in [0.1, 0.15) is 28.7 Å². The molecule has 0 spiro atoms. The predicted molar refractivity (Wildman–Crippen MR) is 110 cm³/mol. The van der Waals surface area contributed by atoms with E-state index in [0.29, 0.717) is 37.4 Å². The molecular weight excluding hydrogens is 405 g/mol. The molecule has 7 nitrogen and oxygen atoms in total. The summed E-state index contributed by atoms with van der Waals surface area (Å²) in [5.74, 6) is -1.32. The molecule has 2 aliphatic heterocycles. The van der Waals surface area contributed by atoms with E-state index in [4.69, 9.17) is 14.2 Å². The number of carbonyl (C=O) groups excluding carboxylic acids is 1. The molecule has 1 atom stereocenters. The third-order valence-corrected chi connectivity index (χ3v) is 5.57. The van der Waals surface area contributed by atoms with Gasteiger partial charge >= 0.3 is 5.97 Å². The summed E-state index contributed by atoms with van der Waals surface area (Å²) in [4.78, 5) is 25.7. The lowest BCUT2D eigenvalue weighted by Gasteiger charge is -2.17. The largest absolute Gasteiger partial charge is 0.487 e. The lowest BCUT2D eigenvalue weighted by atomic mass is 10.00. The summed E-state index contributed by atoms with van der Waals surface area (Å²) in [6.45, 7) is 4.73. The zero-order chi connectivity index (χ0) is 22.3. The zero-order valence-corrected chi connectivity index (χ0v) is 17.6. The molecule has 2 aliphatic rings. The average molecular weight is 429 g/mol. The molecule has 0 aromatic heterocycles. The van der Waals surface area contributed by atoms with Crippen molar-refractivity contribution in [1.29, 1.82) is 0 Å². The number of hydrogen-bond acceptors (Lipinski definition) is 5. The molecular formula is C23H24FNO6. The van der Waals surface area contributed by atoms with E-state index in [1.165, 1.54) is 24.3 Å². The number of nitrogens with zero attached hydrogens (tertiary/aromatic N) is 1. The van der Waals surface area contributed by atoms with Gasteiger partial charge in [0.25, 0.3) is 5.91 Å². The van der Waals surface area contributed by atoms with Crippen LogP contribution in [0.5, 0.6) is 17.2 Å². The lowest BCUT2D eigenvalue weighted by Crippen LogP contribution is -2.30. The van der Waals surface area contributed by atoms with Gasteiger partial charge in [0.15, 0.2) is 0 Å². The van der Waals surface area contributed by atoms with Gasteiger partial charge in [0, 0.05) is 38.2 Å². The molecule has 1 N–H and O–H groups in total. The fraction of sp³-hybridized carbons (Fsp3) is 0.391. The third-order valence-electron chi connectivity index (χ3n) is 5.57. The third kappa shape index (κ3) is 4.20. The minimum atomic E-state index is -1.12. The maximum Gasteiger partial charge on any atom is 0.335 e. The van der Waals surface area contributed by atoms with Gasteiger partial charge in [-0.3, -0.25) is 4.79 Å². The number of hydrogen-bond donors (Lipinski definition) is 1. The molecule has 2 aromatic rings. The van der Waals surface area contributed by atoms with Gasteiger partial charge in [-0.2, -0.15) is 0 Å². The van der Waals surface area contributed by atoms with E-state index >= 15 is 0 Å². The Morgan fingerprint density at radius 3 is 2.68 bits per heavy atom. The number of fused-ring (bicyclic) bond motifs is 1. The molecule has 1 unspecified atom stereocenters. The van der Waals surface area contributed by atoms with Crippen LogP contribution < -0.4 is 9.47 Å². The number of halogens is 1. The van der Waals surface area contributed by atoms with Gasteiger partial charge in [0.2, 0.25) is 0 Å². The number of carboxylic acid groups (broad SMARTS) is 1. The minimum Gasteiger partial charge on any atom is -0.487 e. The molecule has 31 heavy (non-hydrogen) atoms. The van der Waals surface area contributed by atoms with Crippen LogP contribution in [0.2, 0.25) is 0 Å². The molecule has 1 fully saturated rings. The van der Waals surface area contributed by atoms with Crippen LogP contribution in [0.1, 0.15) is 46.5 Å². The standard InChI is InChI=1S/C23H24FNO6/c1-23(2)11-17-19(8-13(22(27)28)9-20(17)31-23)30-14-4-5-16(18(24)10-14)21(26)25-7-6-15(12-25)29-3/h4-5,8-10,15H,6-7,11-12H2,1-3H3,(H,27,28). The molecule has 0 radical (unpaired) electrons. The molecule has 0 saturated carbocycles. The van der Waals surface area contributed by atoms with Crippen molar-refractivity contribution in [3.8, 4) is 17.2 Å². The Morgan fingerprint density at radius 1 is 1.26 bits per heavy atom. The summed E-state index contributed by atoms with van der Waals surface area (Å²) in [7, 11) is 1.59. The number of amides is 1. The smallest absolute Gasteiger partial charge is 0.335 e. The summed E-state index contributed by atoms with van der Waals surface area (Å²) >= 11 is 0. The fourth-order valence-corrected chi connectivity index (χ4v) is 3.99. The molecule has 8 heteroatoms. The van der Waals surface area contributed by atoms with Gasteiger partial charge in [-0.1, -0.05) is 0 Å². The summed E-state index contributed by atoms with van der Waals surface area (Å²) < 4.78 is 31.7. The van der Waals surface area contributed by atoms with Crippen LogP contribution in [0.3, 0.4) is 0 Å². The van der Waals surface area contributed by atoms with Crippen LogP contribution in [0.25, 0.3) is 0 Å². The topological polar surface area (TPSA) is 85.3 Å². The number of aromatic carboxylic acids is 1. The second kappa shape index (κ2) is 7.85. The van der Waals surface area contributed by atoms with E-state index < -0.39 is 23.3 Å². The Hall–Kier alpha value is -3.13. The first kappa shape index (κ1) is 21.1. The van der Waals surface area contributed by atoms with Crippen LogP contribution in [0.15, 0.2) is 30.3 Å². The van der Waals surface area contributed by atoms with Crippen molar-refractivity contribution in [2.24, 2.45) is 0 Å². The Morgan fingerprint density at radius 2 is 2.03 bits per heavy atom. The van der Waals surface area contributed by atoms with Crippen molar-refractivity contribution in [1.82, 2.24) is 4.90 Å². The van der Waals surface area contributed by atoms with Crippen LogP contribution >= 0.6 is 0 Å². The number of carbonyl (C=O) groups is 2. The first-order valence-corrected chi connectivity index (χ1v) is 10.1. The quantitative estimate of drug-likeness (QED) is 0.776. The van der Waals surface area contributed by atoms with E-state index in [1.54, 1.807) is 12.0 Å². The fourth-order valence-electron chi connectivity index (χ4n) is 3.99. The van der Waals surface area contributed by atoms with Crippen LogP contribution in [0, 0.1) is 5.82 Å². The van der Waals surface area contributed by atoms with E-state index in [9.17, 15) is 19.1 Å². The molecule has 1 saturated heterocycles. The molecule has 4 rings (SSSR count). The van der Waals surface area contributed by atoms with E-state index in [0.717, 1.165) is 11.6 Å². The Kier molecular flexibility index (Phi) is 5.35. The average Bonchev–Trinajstić information content (AvgIpc) is 3.30. The number of rotatable bonds is 5. The number of methoxy groups -OCH3 is 1. The van der Waals surface area contributed by atoms with E-state index in [-0.39, 0.29) is 23.0 Å². The number of benzene rings is 2. The first-order valence-electron chi connectivity index (χ1n) is 10.1. The maximum absolute atomic E-state index is 14.8. The SMILES string of the molecule is COC1CCN(C(=O)c2ccc(Oc3cc(C(=O)O)cc4c3CC(C)(C)O4)cc2F)C1. The first-order chi connectivity index (χ1) is 14.7. The van der Waals surface area contributed by atoms with Crippen molar-refractivity contribution >= 4 is 11.9 Å². The van der Waals surface area contributed by atoms with Crippen molar-refractivity contribution in [3.63, 3.8) is 0 Å². The summed E-state index contributed by atoms with van der Waals surface area (Å²) in [6.07, 6.45) is 1.20. The number of ether oxygens (including phenoxy) is 3. The summed E-state index contributed by atoms with van der Waals surface area (Å²) in [6, 6.07) is 6.89. The van der Waals surface area contributed by atoms with Crippen molar-refractivity contribution < 1.29 is 33.3 Å². The Labute approximate surface area is 179 Å². The van der Waals surface area contributed by atoms with Crippen LogP contribution in [0.4, 0.5) is 4.39 Å². The second-order valence-electron chi connectivity index (χ2n) is 8.44. The van der Waals surface area contributed by atoms with Gasteiger partial charge < -0.3 is 24.2 Å². The molecule has 2 heterocycles. The van der Waals surface area contributed by atoms with Gasteiger partial charge in [0.05, 0.1) is 17.2 Å². The molecule has 164 valence electrons. The highest BCUT2D eigenvalue weighted by Gasteiger charge is 2.34. The Balaban J connectivity index is 1.59. The molecule has 0 aliphatic carbocycles. The van der Waals surface area contributed by atoms with Gasteiger partial charge in [-0.15, -0.1) is 0 Å². The molecule has 0 bridgehead atoms. The van der Waals surface area contributed by atoms with Crippen LogP contribution in [-0.2, 0) is 11.2 Å². The molecule has 2 aromatic carbocycles. The minimum absolute atomic E-state index is 0.0143. The van der Waals surface area contributed by atoms with Crippen molar-refractivity contribution in [2.45, 2.75) is 38.4 Å². The summed E-state index contributed by atoms with van der Waals surface area (Å²) in [5.41, 5.74) is 0.186. The van der Waals surface area contributed by atoms with Crippen molar-refractivity contribution in [2.75, 3.05) is 20.2 Å². The van der Waals surface area contributed by atoms with Crippen LogP contribution in [-0.4, -0.2) is 53.8 Å². The monoisotopic (exact) mass is 429 g/mol. The predicted octanol–water partition coefficient (Wildman–Crippen LogP) is 3.89. The highest BCUT2D eigenvalue weighted by Crippen LogP contribution is 2.43. The summed E-state index contributed by atoms with van der Waals surface area (Å²) in [5, 5.41) is 9.40. The maximum atomic E-state index is 14.8. The van der Waals surface area contributed by atoms with Gasteiger partial charge in [-0.05, 0) is 44.5 Å². The van der Waals surface area contributed by atoms with E-state index in [1.807, 2.05) is 13.8 Å². The Bertz CT molecular complexity index is 1050. The van der Waals surface area contributed by atoms with E-state index in [2.05, 4.69) is 0 Å². The highest BCUT2D eigenvalue weighted by atomic mass is 19.1. The lowest BCUT2D eigenvalue weighted by molar-refractivity contribution is 0.0693.